The van der Waals surface area contributed by atoms with E-state index in [1.54, 1.807) is 0 Å². The maximum atomic E-state index is 12.4. The Morgan fingerprint density at radius 1 is 1.32 bits per heavy atom. The van der Waals surface area contributed by atoms with E-state index in [-0.39, 0.29) is 75.2 Å². The summed E-state index contributed by atoms with van der Waals surface area (Å²) in [4.78, 5) is 3.41. The molecule has 0 saturated heterocycles. The van der Waals surface area contributed by atoms with E-state index in [0.29, 0.717) is 6.20 Å². The number of rotatable bonds is 6. The summed E-state index contributed by atoms with van der Waals surface area (Å²) in [7, 11) is -3.19. The van der Waals surface area contributed by atoms with Crippen molar-refractivity contribution in [2.24, 2.45) is 0 Å². The predicted octanol–water partition coefficient (Wildman–Crippen LogP) is -2.05. The minimum atomic E-state index is -5.13. The molecule has 0 saturated carbocycles. The smallest absolute Gasteiger partial charge is 0.491 e. The number of hydrogen-bond donors (Lipinski definition) is 0. The first-order chi connectivity index (χ1) is 8.24. The van der Waals surface area contributed by atoms with E-state index < -0.39 is 22.3 Å². The monoisotopic (exact) mass is 321 g/mol. The van der Waals surface area contributed by atoms with Gasteiger partial charge in [-0.3, -0.25) is 4.98 Å². The number of sulfone groups is 1. The van der Waals surface area contributed by atoms with Crippen LogP contribution >= 0.6 is 0 Å². The molecule has 0 unspecified atom stereocenters. The van der Waals surface area contributed by atoms with Gasteiger partial charge in [0.1, 0.15) is 12.4 Å². The van der Waals surface area contributed by atoms with Gasteiger partial charge in [-0.05, 0) is 6.07 Å². The fourth-order valence-corrected chi connectivity index (χ4v) is 1.75. The molecule has 0 bridgehead atoms. The molecule has 0 aromatic carbocycles. The minimum absolute atomic E-state index is 0. The van der Waals surface area contributed by atoms with Gasteiger partial charge in [-0.2, -0.15) is 0 Å². The number of pyridine rings is 1. The Morgan fingerprint density at radius 2 is 1.95 bits per heavy atom. The molecule has 0 amide bonds. The van der Waals surface area contributed by atoms with Crippen LogP contribution in [-0.2, 0) is 9.84 Å². The first kappa shape index (κ1) is 19.4. The topological polar surface area (TPSA) is 56.3 Å². The maximum Gasteiger partial charge on any atom is 1.00 e. The molecule has 0 N–H and O–H groups in total. The number of halogens is 3. The zero-order valence-electron chi connectivity index (χ0n) is 10.6. The Balaban J connectivity index is 0.00000324. The van der Waals surface area contributed by atoms with Crippen LogP contribution in [0.1, 0.15) is 6.92 Å². The summed E-state index contributed by atoms with van der Waals surface area (Å²) in [6.45, 7) is -3.83. The van der Waals surface area contributed by atoms with Gasteiger partial charge in [0.25, 0.3) is 0 Å². The van der Waals surface area contributed by atoms with Crippen molar-refractivity contribution >= 4 is 22.3 Å². The second-order valence-corrected chi connectivity index (χ2v) is 6.09. The largest absolute Gasteiger partial charge is 1.00 e. The first-order valence-electron chi connectivity index (χ1n) is 5.23. The van der Waals surface area contributed by atoms with Crippen LogP contribution in [0.2, 0.25) is 0 Å². The van der Waals surface area contributed by atoms with Gasteiger partial charge in [0.05, 0.1) is 11.9 Å². The van der Waals surface area contributed by atoms with Gasteiger partial charge in [0.15, 0.2) is 9.84 Å². The maximum absolute atomic E-state index is 12.4. The van der Waals surface area contributed by atoms with Crippen molar-refractivity contribution in [3.05, 3.63) is 18.5 Å². The van der Waals surface area contributed by atoms with Gasteiger partial charge < -0.3 is 17.7 Å². The van der Waals surface area contributed by atoms with E-state index in [1.165, 1.54) is 6.92 Å². The van der Waals surface area contributed by atoms with Crippen molar-refractivity contribution in [3.8, 4) is 5.75 Å². The van der Waals surface area contributed by atoms with E-state index >= 15 is 0 Å². The van der Waals surface area contributed by atoms with Crippen LogP contribution in [0, 0.1) is 0 Å². The van der Waals surface area contributed by atoms with Crippen LogP contribution in [0.15, 0.2) is 18.5 Å². The Hall–Kier alpha value is 0.391. The first-order valence-corrected chi connectivity index (χ1v) is 7.05. The molecule has 4 nitrogen and oxygen atoms in total. The second-order valence-electron chi connectivity index (χ2n) is 3.61. The zero-order valence-corrected chi connectivity index (χ0v) is 14.6. The average Bonchev–Trinajstić information content (AvgIpc) is 2.28. The summed E-state index contributed by atoms with van der Waals surface area (Å²) in [6, 6.07) is 0.811. The third kappa shape index (κ3) is 7.09. The predicted molar refractivity (Wildman–Crippen MR) is 62.8 cm³/mol. The Morgan fingerprint density at radius 3 is 2.47 bits per heavy atom. The van der Waals surface area contributed by atoms with E-state index in [2.05, 4.69) is 4.98 Å². The summed E-state index contributed by atoms with van der Waals surface area (Å²) in [5.41, 5.74) is -0.870. The fraction of sp³-hybridized carbons (Fsp3) is 0.444. The Labute approximate surface area is 152 Å². The van der Waals surface area contributed by atoms with Crippen molar-refractivity contribution in [2.45, 2.75) is 6.92 Å². The number of hydrogen-bond acceptors (Lipinski definition) is 4. The minimum Gasteiger partial charge on any atom is -0.491 e. The molecule has 1 aromatic heterocycles. The summed E-state index contributed by atoms with van der Waals surface area (Å²) < 4.78 is 64.4. The van der Waals surface area contributed by atoms with Gasteiger partial charge in [0.2, 0.25) is 0 Å². The molecule has 0 aliphatic carbocycles. The van der Waals surface area contributed by atoms with E-state index in [9.17, 15) is 21.4 Å². The van der Waals surface area contributed by atoms with Gasteiger partial charge in [0, 0.05) is 11.9 Å². The molecular weight excluding hydrogens is 309 g/mol. The summed E-state index contributed by atoms with van der Waals surface area (Å²) in [5, 5.41) is 0. The Kier molecular flexibility index (Phi) is 8.15. The van der Waals surface area contributed by atoms with E-state index in [1.807, 2.05) is 0 Å². The number of aromatic nitrogens is 1. The van der Waals surface area contributed by atoms with Crippen molar-refractivity contribution in [3.63, 3.8) is 0 Å². The van der Waals surface area contributed by atoms with Gasteiger partial charge >= 0.3 is 58.4 Å². The number of ether oxygens (including phenoxy) is 1. The van der Waals surface area contributed by atoms with Crippen LogP contribution in [-0.4, -0.2) is 38.5 Å². The van der Waals surface area contributed by atoms with Gasteiger partial charge in [-0.15, -0.1) is 0 Å². The molecule has 102 valence electrons. The fourth-order valence-electron chi connectivity index (χ4n) is 1.12. The number of nitrogens with zero attached hydrogens (tertiary/aromatic N) is 1. The quantitative estimate of drug-likeness (QED) is 0.566. The van der Waals surface area contributed by atoms with E-state index in [0.717, 1.165) is 12.3 Å². The molecular formula is C9H12BF3KNO3S. The van der Waals surface area contributed by atoms with Crippen LogP contribution in [0.4, 0.5) is 12.9 Å². The molecule has 19 heavy (non-hydrogen) atoms. The molecule has 0 spiro atoms. The van der Waals surface area contributed by atoms with Crippen LogP contribution in [0.5, 0.6) is 5.75 Å². The zero-order chi connectivity index (χ0) is 13.8. The molecule has 0 aliphatic heterocycles. The van der Waals surface area contributed by atoms with Crippen molar-refractivity contribution in [1.29, 1.82) is 0 Å². The van der Waals surface area contributed by atoms with Crippen molar-refractivity contribution in [1.82, 2.24) is 4.98 Å². The van der Waals surface area contributed by atoms with Gasteiger partial charge in [-0.1, -0.05) is 12.4 Å². The van der Waals surface area contributed by atoms with Crippen molar-refractivity contribution in [2.75, 3.05) is 18.1 Å². The molecule has 10 heteroatoms. The molecule has 1 heterocycles. The SMILES string of the molecule is CCS(=O)(=O)CCOc1cncc([B-](F)(F)F)c1.[K+]. The van der Waals surface area contributed by atoms with E-state index in [4.69, 9.17) is 4.74 Å². The Bertz CT molecular complexity index is 510. The summed E-state index contributed by atoms with van der Waals surface area (Å²) >= 11 is 0. The van der Waals surface area contributed by atoms with Crippen LogP contribution in [0.25, 0.3) is 0 Å². The molecule has 1 rings (SSSR count). The third-order valence-corrected chi connectivity index (χ3v) is 3.88. The van der Waals surface area contributed by atoms with Gasteiger partial charge in [-0.25, -0.2) is 8.42 Å². The summed E-state index contributed by atoms with van der Waals surface area (Å²) in [5.74, 6) is -0.344. The molecule has 0 fully saturated rings. The standard InChI is InChI=1S/C9H12BF3NO3S.K/c1-2-18(15,16)4-3-17-9-5-8(6-14-7-9)10(11,12)13;/h5-7H,2-4H2,1H3;/q-1;+1. The third-order valence-electron chi connectivity index (χ3n) is 2.22. The molecule has 0 radical (unpaired) electrons. The second kappa shape index (κ2) is 7.99. The van der Waals surface area contributed by atoms with Crippen LogP contribution < -0.4 is 61.6 Å². The molecule has 0 aliphatic rings. The molecule has 0 atom stereocenters. The summed E-state index contributed by atoms with van der Waals surface area (Å²) in [6.07, 6.45) is 1.82. The molecule has 1 aromatic rings. The normalized spacial score (nSPS) is 11.8. The van der Waals surface area contributed by atoms with Crippen LogP contribution in [0.3, 0.4) is 0 Å². The average molecular weight is 321 g/mol. The van der Waals surface area contributed by atoms with Crippen molar-refractivity contribution < 1.29 is 77.5 Å².